The van der Waals surface area contributed by atoms with Crippen molar-refractivity contribution in [3.63, 3.8) is 0 Å². The number of aliphatic hydroxyl groups excluding tert-OH is 1. The molecule has 0 unspecified atom stereocenters. The van der Waals surface area contributed by atoms with E-state index in [9.17, 15) is 9.50 Å². The molecule has 0 saturated carbocycles. The molecule has 0 aliphatic heterocycles. The molecule has 2 nitrogen and oxygen atoms in total. The molecule has 0 heterocycles. The zero-order chi connectivity index (χ0) is 14.7. The fourth-order valence-corrected chi connectivity index (χ4v) is 2.16. The maximum Gasteiger partial charge on any atom is 0.131 e. The van der Waals surface area contributed by atoms with E-state index in [-0.39, 0.29) is 6.61 Å². The highest BCUT2D eigenvalue weighted by molar-refractivity contribution is 6.31. The summed E-state index contributed by atoms with van der Waals surface area (Å²) < 4.78 is 19.3. The van der Waals surface area contributed by atoms with Gasteiger partial charge in [-0.1, -0.05) is 29.3 Å². The van der Waals surface area contributed by atoms with Crippen LogP contribution in [0.25, 0.3) is 0 Å². The first-order chi connectivity index (χ1) is 9.49. The number of benzene rings is 2. The predicted molar refractivity (Wildman–Crippen MR) is 77.6 cm³/mol. The summed E-state index contributed by atoms with van der Waals surface area (Å²) in [5.74, 6) is 0.133. The van der Waals surface area contributed by atoms with Crippen LogP contribution in [0.4, 0.5) is 4.39 Å². The third-order valence-electron chi connectivity index (χ3n) is 3.05. The van der Waals surface area contributed by atoms with Gasteiger partial charge in [-0.25, -0.2) is 4.39 Å². The molecule has 2 aromatic carbocycles. The smallest absolute Gasteiger partial charge is 0.131 e. The van der Waals surface area contributed by atoms with Crippen molar-refractivity contribution in [3.05, 3.63) is 63.9 Å². The first kappa shape index (κ1) is 14.8. The van der Waals surface area contributed by atoms with Gasteiger partial charge in [0.15, 0.2) is 0 Å². The van der Waals surface area contributed by atoms with Crippen LogP contribution in [0.2, 0.25) is 5.02 Å². The Bertz CT molecular complexity index is 591. The number of aliphatic hydroxyl groups is 1. The minimum absolute atomic E-state index is 0.0221. The first-order valence-electron chi connectivity index (χ1n) is 6.33. The standard InChI is InChI=1S/C16H16ClFO2/c1-10-6-7-16(12(8-10)11(2)19)20-9-13-14(17)4-3-5-15(13)18/h3-8,11,19H,9H2,1-2H3/t11-/m0/s1. The normalized spacial score (nSPS) is 12.2. The van der Waals surface area contributed by atoms with Crippen LogP contribution >= 0.6 is 11.6 Å². The van der Waals surface area contributed by atoms with Gasteiger partial charge in [0, 0.05) is 11.1 Å². The van der Waals surface area contributed by atoms with Crippen LogP contribution in [0.3, 0.4) is 0 Å². The van der Waals surface area contributed by atoms with Gasteiger partial charge in [0.2, 0.25) is 0 Å². The molecular formula is C16H16ClFO2. The summed E-state index contributed by atoms with van der Waals surface area (Å²) in [6.45, 7) is 3.62. The topological polar surface area (TPSA) is 29.5 Å². The Morgan fingerprint density at radius 3 is 2.70 bits per heavy atom. The van der Waals surface area contributed by atoms with Gasteiger partial charge in [-0.2, -0.15) is 0 Å². The molecule has 0 radical (unpaired) electrons. The van der Waals surface area contributed by atoms with Gasteiger partial charge in [0.05, 0.1) is 11.1 Å². The molecule has 20 heavy (non-hydrogen) atoms. The minimum Gasteiger partial charge on any atom is -0.488 e. The molecular weight excluding hydrogens is 279 g/mol. The molecule has 0 amide bonds. The highest BCUT2D eigenvalue weighted by atomic mass is 35.5. The van der Waals surface area contributed by atoms with Crippen LogP contribution in [0.5, 0.6) is 5.75 Å². The lowest BCUT2D eigenvalue weighted by Gasteiger charge is -2.15. The molecule has 0 aliphatic rings. The lowest BCUT2D eigenvalue weighted by Crippen LogP contribution is -2.03. The van der Waals surface area contributed by atoms with Gasteiger partial charge in [-0.05, 0) is 38.1 Å². The highest BCUT2D eigenvalue weighted by Crippen LogP contribution is 2.28. The van der Waals surface area contributed by atoms with Crippen LogP contribution in [0.15, 0.2) is 36.4 Å². The Labute approximate surface area is 122 Å². The summed E-state index contributed by atoms with van der Waals surface area (Å²) in [5, 5.41) is 10.1. The molecule has 0 aromatic heterocycles. The molecule has 0 aliphatic carbocycles. The van der Waals surface area contributed by atoms with Crippen molar-refractivity contribution in [2.24, 2.45) is 0 Å². The Balaban J connectivity index is 2.23. The van der Waals surface area contributed by atoms with E-state index < -0.39 is 11.9 Å². The van der Waals surface area contributed by atoms with Crippen LogP contribution < -0.4 is 4.74 Å². The second kappa shape index (κ2) is 6.25. The van der Waals surface area contributed by atoms with E-state index in [2.05, 4.69) is 0 Å². The third-order valence-corrected chi connectivity index (χ3v) is 3.40. The average molecular weight is 295 g/mol. The summed E-state index contributed by atoms with van der Waals surface area (Å²) in [6, 6.07) is 10.0. The lowest BCUT2D eigenvalue weighted by molar-refractivity contribution is 0.189. The van der Waals surface area contributed by atoms with Crippen molar-refractivity contribution >= 4 is 11.6 Å². The summed E-state index contributed by atoms with van der Waals surface area (Å²) in [5.41, 5.74) is 2.01. The van der Waals surface area contributed by atoms with Crippen molar-refractivity contribution in [1.82, 2.24) is 0 Å². The fraction of sp³-hybridized carbons (Fsp3) is 0.250. The molecule has 0 bridgehead atoms. The number of halogens is 2. The zero-order valence-corrected chi connectivity index (χ0v) is 12.1. The number of hydrogen-bond donors (Lipinski definition) is 1. The van der Waals surface area contributed by atoms with E-state index in [0.29, 0.717) is 21.9 Å². The van der Waals surface area contributed by atoms with Gasteiger partial charge in [0.25, 0.3) is 0 Å². The fourth-order valence-electron chi connectivity index (χ4n) is 1.95. The average Bonchev–Trinajstić information content (AvgIpc) is 2.39. The van der Waals surface area contributed by atoms with Gasteiger partial charge >= 0.3 is 0 Å². The maximum atomic E-state index is 13.7. The lowest BCUT2D eigenvalue weighted by atomic mass is 10.1. The maximum absolute atomic E-state index is 13.7. The summed E-state index contributed by atoms with van der Waals surface area (Å²) in [4.78, 5) is 0. The number of ether oxygens (including phenoxy) is 1. The second-order valence-corrected chi connectivity index (χ2v) is 5.11. The van der Waals surface area contributed by atoms with E-state index in [0.717, 1.165) is 5.56 Å². The van der Waals surface area contributed by atoms with Crippen LogP contribution in [0, 0.1) is 12.7 Å². The Morgan fingerprint density at radius 1 is 1.30 bits per heavy atom. The quantitative estimate of drug-likeness (QED) is 0.904. The van der Waals surface area contributed by atoms with Gasteiger partial charge in [0.1, 0.15) is 18.2 Å². The Kier molecular flexibility index (Phi) is 4.63. The molecule has 4 heteroatoms. The van der Waals surface area contributed by atoms with E-state index in [4.69, 9.17) is 16.3 Å². The van der Waals surface area contributed by atoms with E-state index >= 15 is 0 Å². The van der Waals surface area contributed by atoms with E-state index in [1.165, 1.54) is 6.07 Å². The van der Waals surface area contributed by atoms with Crippen molar-refractivity contribution < 1.29 is 14.2 Å². The Morgan fingerprint density at radius 2 is 2.05 bits per heavy atom. The molecule has 0 saturated heterocycles. The largest absolute Gasteiger partial charge is 0.488 e. The van der Waals surface area contributed by atoms with Crippen molar-refractivity contribution in [2.75, 3.05) is 0 Å². The molecule has 106 valence electrons. The number of aryl methyl sites for hydroxylation is 1. The summed E-state index contributed by atoms with van der Waals surface area (Å²) >= 11 is 5.95. The minimum atomic E-state index is -0.652. The van der Waals surface area contributed by atoms with E-state index in [1.54, 1.807) is 25.1 Å². The van der Waals surface area contributed by atoms with Crippen LogP contribution in [-0.4, -0.2) is 5.11 Å². The highest BCUT2D eigenvalue weighted by Gasteiger charge is 2.12. The van der Waals surface area contributed by atoms with Crippen LogP contribution in [-0.2, 0) is 6.61 Å². The summed E-state index contributed by atoms with van der Waals surface area (Å²) in [7, 11) is 0. The van der Waals surface area contributed by atoms with Gasteiger partial charge in [-0.3, -0.25) is 0 Å². The monoisotopic (exact) mass is 294 g/mol. The van der Waals surface area contributed by atoms with Crippen LogP contribution in [0.1, 0.15) is 29.7 Å². The Hall–Kier alpha value is -1.58. The first-order valence-corrected chi connectivity index (χ1v) is 6.71. The molecule has 0 spiro atoms. The number of rotatable bonds is 4. The summed E-state index contributed by atoms with van der Waals surface area (Å²) in [6.07, 6.45) is -0.652. The predicted octanol–water partition coefficient (Wildman–Crippen LogP) is 4.42. The zero-order valence-electron chi connectivity index (χ0n) is 11.4. The molecule has 0 fully saturated rings. The van der Waals surface area contributed by atoms with Gasteiger partial charge < -0.3 is 9.84 Å². The third kappa shape index (κ3) is 3.30. The van der Waals surface area contributed by atoms with Gasteiger partial charge in [-0.15, -0.1) is 0 Å². The number of hydrogen-bond acceptors (Lipinski definition) is 2. The SMILES string of the molecule is Cc1ccc(OCc2c(F)cccc2Cl)c([C@H](C)O)c1. The molecule has 2 aromatic rings. The molecule has 1 N–H and O–H groups in total. The van der Waals surface area contributed by atoms with Crippen molar-refractivity contribution in [2.45, 2.75) is 26.6 Å². The van der Waals surface area contributed by atoms with Crippen molar-refractivity contribution in [1.29, 1.82) is 0 Å². The molecule has 1 atom stereocenters. The second-order valence-electron chi connectivity index (χ2n) is 4.71. The van der Waals surface area contributed by atoms with E-state index in [1.807, 2.05) is 19.1 Å². The van der Waals surface area contributed by atoms with Crippen molar-refractivity contribution in [3.8, 4) is 5.75 Å². The molecule has 2 rings (SSSR count).